The molecule has 0 radical (unpaired) electrons. The van der Waals surface area contributed by atoms with Crippen molar-refractivity contribution in [2.24, 2.45) is 16.5 Å². The van der Waals surface area contributed by atoms with Gasteiger partial charge in [-0.25, -0.2) is 4.99 Å². The van der Waals surface area contributed by atoms with E-state index in [1.54, 1.807) is 0 Å². The molecule has 0 atom stereocenters. The molecule has 84 valence electrons. The molecule has 0 amide bonds. The fourth-order valence-corrected chi connectivity index (χ4v) is 1.72. The third-order valence-corrected chi connectivity index (χ3v) is 2.54. The predicted molar refractivity (Wildman–Crippen MR) is 67.3 cm³/mol. The highest BCUT2D eigenvalue weighted by molar-refractivity contribution is 5.75. The highest BCUT2D eigenvalue weighted by atomic mass is 15.1. The highest BCUT2D eigenvalue weighted by Crippen LogP contribution is 2.18. The van der Waals surface area contributed by atoms with Crippen molar-refractivity contribution in [3.05, 3.63) is 42.0 Å². The zero-order valence-corrected chi connectivity index (χ0v) is 9.13. The first-order valence-corrected chi connectivity index (χ1v) is 5.30. The Hall–Kier alpha value is -1.97. The number of nitrogens with two attached hydrogens (primary N) is 2. The van der Waals surface area contributed by atoms with E-state index < -0.39 is 0 Å². The van der Waals surface area contributed by atoms with Crippen molar-refractivity contribution in [1.82, 2.24) is 0 Å². The summed E-state index contributed by atoms with van der Waals surface area (Å²) in [4.78, 5) is 6.29. The molecule has 1 heterocycles. The first-order chi connectivity index (χ1) is 7.75. The van der Waals surface area contributed by atoms with Crippen LogP contribution in [0.1, 0.15) is 5.56 Å². The van der Waals surface area contributed by atoms with E-state index >= 15 is 0 Å². The molecule has 1 aromatic carbocycles. The zero-order valence-electron chi connectivity index (χ0n) is 9.13. The lowest BCUT2D eigenvalue weighted by atomic mass is 10.2. The summed E-state index contributed by atoms with van der Waals surface area (Å²) < 4.78 is 0. The normalized spacial score (nSPS) is 14.1. The van der Waals surface area contributed by atoms with E-state index in [-0.39, 0.29) is 5.96 Å². The number of anilines is 1. The second-order valence-electron chi connectivity index (χ2n) is 3.79. The summed E-state index contributed by atoms with van der Waals surface area (Å²) in [5.41, 5.74) is 13.0. The zero-order chi connectivity index (χ0) is 11.4. The summed E-state index contributed by atoms with van der Waals surface area (Å²) in [6.45, 7) is 2.49. The number of hydrogen-bond donors (Lipinski definition) is 2. The molecule has 1 aromatic rings. The average Bonchev–Trinajstić information content (AvgIpc) is 2.80. The van der Waals surface area contributed by atoms with Gasteiger partial charge in [-0.1, -0.05) is 24.3 Å². The summed E-state index contributed by atoms with van der Waals surface area (Å²) in [5.74, 6) is 0.133. The Bertz CT molecular complexity index is 411. The highest BCUT2D eigenvalue weighted by Gasteiger charge is 2.07. The van der Waals surface area contributed by atoms with Crippen molar-refractivity contribution in [2.75, 3.05) is 18.0 Å². The lowest BCUT2D eigenvalue weighted by Crippen LogP contribution is -2.22. The lowest BCUT2D eigenvalue weighted by molar-refractivity contribution is 0.993. The molecule has 0 saturated heterocycles. The fraction of sp³-hybridized carbons (Fsp3) is 0.250. The van der Waals surface area contributed by atoms with Crippen molar-refractivity contribution in [3.8, 4) is 0 Å². The van der Waals surface area contributed by atoms with Crippen LogP contribution in [-0.4, -0.2) is 19.0 Å². The van der Waals surface area contributed by atoms with Gasteiger partial charge >= 0.3 is 0 Å². The second-order valence-corrected chi connectivity index (χ2v) is 3.79. The third-order valence-electron chi connectivity index (χ3n) is 2.54. The van der Waals surface area contributed by atoms with Gasteiger partial charge in [0.1, 0.15) is 0 Å². The Morgan fingerprint density at radius 1 is 1.25 bits per heavy atom. The molecule has 0 bridgehead atoms. The number of rotatable bonds is 3. The van der Waals surface area contributed by atoms with E-state index in [0.717, 1.165) is 18.7 Å². The van der Waals surface area contributed by atoms with E-state index in [4.69, 9.17) is 11.5 Å². The number of nitrogens with zero attached hydrogens (tertiary/aromatic N) is 2. The maximum Gasteiger partial charge on any atom is 0.186 e. The van der Waals surface area contributed by atoms with Crippen LogP contribution < -0.4 is 16.4 Å². The lowest BCUT2D eigenvalue weighted by Gasteiger charge is -2.18. The summed E-state index contributed by atoms with van der Waals surface area (Å²) >= 11 is 0. The quantitative estimate of drug-likeness (QED) is 0.447. The maximum absolute atomic E-state index is 5.31. The number of aliphatic imine (C=N–C) groups is 1. The third kappa shape index (κ3) is 2.53. The standard InChI is InChI=1S/C12H16N4/c13-12(14)15-9-10-4-3-5-11(8-10)16-6-1-2-7-16/h1-5,8H,6-7,9H2,(H4,13,14,15). The first-order valence-electron chi connectivity index (χ1n) is 5.30. The topological polar surface area (TPSA) is 67.6 Å². The molecule has 4 nitrogen and oxygen atoms in total. The smallest absolute Gasteiger partial charge is 0.186 e. The van der Waals surface area contributed by atoms with Gasteiger partial charge in [0.15, 0.2) is 5.96 Å². The molecule has 1 aliphatic heterocycles. The number of benzene rings is 1. The van der Waals surface area contributed by atoms with Gasteiger partial charge in [0.2, 0.25) is 0 Å². The molecular weight excluding hydrogens is 200 g/mol. The summed E-state index contributed by atoms with van der Waals surface area (Å²) in [6, 6.07) is 8.29. The second kappa shape index (κ2) is 4.70. The minimum atomic E-state index is 0.133. The van der Waals surface area contributed by atoms with Crippen LogP contribution in [0.25, 0.3) is 0 Å². The van der Waals surface area contributed by atoms with Gasteiger partial charge in [0, 0.05) is 18.8 Å². The van der Waals surface area contributed by atoms with Crippen molar-refractivity contribution >= 4 is 11.6 Å². The Kier molecular flexibility index (Phi) is 3.10. The van der Waals surface area contributed by atoms with E-state index in [1.165, 1.54) is 5.69 Å². The van der Waals surface area contributed by atoms with E-state index in [9.17, 15) is 0 Å². The van der Waals surface area contributed by atoms with Crippen molar-refractivity contribution in [1.29, 1.82) is 0 Å². The van der Waals surface area contributed by atoms with E-state index in [2.05, 4.69) is 34.2 Å². The Morgan fingerprint density at radius 2 is 2.00 bits per heavy atom. The van der Waals surface area contributed by atoms with Crippen LogP contribution in [-0.2, 0) is 6.54 Å². The van der Waals surface area contributed by atoms with E-state index in [0.29, 0.717) is 6.54 Å². The van der Waals surface area contributed by atoms with Gasteiger partial charge in [0.05, 0.1) is 6.54 Å². The number of guanidine groups is 1. The largest absolute Gasteiger partial charge is 0.370 e. The Labute approximate surface area is 95.3 Å². The molecule has 1 aliphatic rings. The molecule has 0 spiro atoms. The van der Waals surface area contributed by atoms with Gasteiger partial charge < -0.3 is 16.4 Å². The number of hydrogen-bond acceptors (Lipinski definition) is 2. The molecule has 16 heavy (non-hydrogen) atoms. The Morgan fingerprint density at radius 3 is 2.69 bits per heavy atom. The molecule has 0 saturated carbocycles. The molecule has 0 fully saturated rings. The van der Waals surface area contributed by atoms with Crippen LogP contribution in [0.3, 0.4) is 0 Å². The molecule has 4 N–H and O–H groups in total. The van der Waals surface area contributed by atoms with Crippen molar-refractivity contribution in [2.45, 2.75) is 6.54 Å². The van der Waals surface area contributed by atoms with Crippen molar-refractivity contribution < 1.29 is 0 Å². The average molecular weight is 216 g/mol. The van der Waals surface area contributed by atoms with Gasteiger partial charge in [-0.2, -0.15) is 0 Å². The maximum atomic E-state index is 5.31. The minimum Gasteiger partial charge on any atom is -0.370 e. The van der Waals surface area contributed by atoms with Gasteiger partial charge in [-0.15, -0.1) is 0 Å². The SMILES string of the molecule is NC(N)=NCc1cccc(N2CC=CC2)c1. The van der Waals surface area contributed by atoms with Gasteiger partial charge in [-0.3, -0.25) is 0 Å². The molecular formula is C12H16N4. The van der Waals surface area contributed by atoms with Crippen LogP contribution in [0.15, 0.2) is 41.4 Å². The summed E-state index contributed by atoms with van der Waals surface area (Å²) in [6.07, 6.45) is 4.34. The van der Waals surface area contributed by atoms with E-state index in [1.807, 2.05) is 12.1 Å². The molecule has 0 aromatic heterocycles. The first kappa shape index (κ1) is 10.5. The fourth-order valence-electron chi connectivity index (χ4n) is 1.72. The van der Waals surface area contributed by atoms with Crippen LogP contribution in [0.4, 0.5) is 5.69 Å². The van der Waals surface area contributed by atoms with Crippen LogP contribution >= 0.6 is 0 Å². The predicted octanol–water partition coefficient (Wildman–Crippen LogP) is 0.836. The Balaban J connectivity index is 2.10. The van der Waals surface area contributed by atoms with Crippen LogP contribution in [0, 0.1) is 0 Å². The van der Waals surface area contributed by atoms with Crippen molar-refractivity contribution in [3.63, 3.8) is 0 Å². The summed E-state index contributed by atoms with van der Waals surface area (Å²) in [5, 5.41) is 0. The summed E-state index contributed by atoms with van der Waals surface area (Å²) in [7, 11) is 0. The van der Waals surface area contributed by atoms with Crippen LogP contribution in [0.5, 0.6) is 0 Å². The molecule has 0 unspecified atom stereocenters. The molecule has 0 aliphatic carbocycles. The van der Waals surface area contributed by atoms with Gasteiger partial charge in [-0.05, 0) is 17.7 Å². The minimum absolute atomic E-state index is 0.133. The van der Waals surface area contributed by atoms with Gasteiger partial charge in [0.25, 0.3) is 0 Å². The van der Waals surface area contributed by atoms with Crippen LogP contribution in [0.2, 0.25) is 0 Å². The molecule has 2 rings (SSSR count). The molecule has 4 heteroatoms. The monoisotopic (exact) mass is 216 g/mol.